The number of aryl methyl sites for hydroxylation is 2. The number of carbonyl (C=O) groups excluding carboxylic acids is 1. The average molecular weight is 401 g/mol. The van der Waals surface area contributed by atoms with Crippen LogP contribution in [0.2, 0.25) is 5.02 Å². The first kappa shape index (κ1) is 17.9. The second-order valence-corrected chi connectivity index (χ2v) is 8.62. The number of amides is 1. The van der Waals surface area contributed by atoms with Crippen molar-refractivity contribution < 1.29 is 23.1 Å². The molecule has 1 aromatic heterocycles. The third-order valence-corrected chi connectivity index (χ3v) is 6.70. The quantitative estimate of drug-likeness (QED) is 0.666. The fourth-order valence-corrected chi connectivity index (χ4v) is 5.03. The Hall–Kier alpha value is -1.94. The van der Waals surface area contributed by atoms with Crippen LogP contribution in [0.15, 0.2) is 29.2 Å². The van der Waals surface area contributed by atoms with Gasteiger partial charge < -0.3 is 5.11 Å². The third-order valence-electron chi connectivity index (χ3n) is 3.74. The predicted octanol–water partition coefficient (Wildman–Crippen LogP) is 2.21. The lowest BCUT2D eigenvalue weighted by atomic mass is 10.2. The van der Waals surface area contributed by atoms with Crippen molar-refractivity contribution in [3.63, 3.8) is 0 Å². The van der Waals surface area contributed by atoms with Gasteiger partial charge in [0, 0.05) is 4.88 Å². The van der Waals surface area contributed by atoms with Crippen molar-refractivity contribution in [1.29, 1.82) is 0 Å². The van der Waals surface area contributed by atoms with E-state index >= 15 is 0 Å². The summed E-state index contributed by atoms with van der Waals surface area (Å²) in [4.78, 5) is 26.2. The number of hydrogen-bond acceptors (Lipinski definition) is 5. The number of sulfonamides is 1. The fourth-order valence-electron chi connectivity index (χ4n) is 2.51. The van der Waals surface area contributed by atoms with Gasteiger partial charge in [-0.2, -0.15) is 0 Å². The molecule has 1 heterocycles. The number of benzene rings is 1. The Morgan fingerprint density at radius 3 is 2.64 bits per heavy atom. The van der Waals surface area contributed by atoms with Crippen LogP contribution in [0.3, 0.4) is 0 Å². The van der Waals surface area contributed by atoms with E-state index in [0.29, 0.717) is 4.88 Å². The summed E-state index contributed by atoms with van der Waals surface area (Å²) in [5, 5.41) is 8.81. The van der Waals surface area contributed by atoms with Crippen molar-refractivity contribution in [1.82, 2.24) is 10.3 Å². The van der Waals surface area contributed by atoms with E-state index in [2.05, 4.69) is 5.43 Å². The number of carboxylic acid groups (broad SMARTS) is 1. The van der Waals surface area contributed by atoms with E-state index in [-0.39, 0.29) is 10.6 Å². The normalized spacial score (nSPS) is 13.5. The van der Waals surface area contributed by atoms with Crippen molar-refractivity contribution in [2.45, 2.75) is 24.2 Å². The molecule has 1 aliphatic rings. The van der Waals surface area contributed by atoms with Crippen LogP contribution < -0.4 is 10.3 Å². The Kier molecular flexibility index (Phi) is 4.83. The first-order chi connectivity index (χ1) is 11.8. The van der Waals surface area contributed by atoms with Gasteiger partial charge in [-0.1, -0.05) is 11.6 Å². The van der Waals surface area contributed by atoms with E-state index in [1.807, 2.05) is 4.83 Å². The molecule has 0 spiro atoms. The number of rotatable bonds is 5. The van der Waals surface area contributed by atoms with E-state index in [1.165, 1.54) is 23.5 Å². The SMILES string of the molecule is O=C(O)c1ccc(Cl)c(S(=O)(=O)NNC(=O)c2cc3c(s2)CCC3)c1. The summed E-state index contributed by atoms with van der Waals surface area (Å²) < 4.78 is 24.6. The number of nitrogens with one attached hydrogen (secondary N) is 2. The number of halogens is 1. The first-order valence-electron chi connectivity index (χ1n) is 7.24. The Morgan fingerprint density at radius 2 is 1.96 bits per heavy atom. The van der Waals surface area contributed by atoms with Gasteiger partial charge in [0.15, 0.2) is 0 Å². The number of aromatic carboxylic acids is 1. The van der Waals surface area contributed by atoms with Gasteiger partial charge in [-0.15, -0.1) is 16.2 Å². The minimum absolute atomic E-state index is 0.151. The molecule has 0 unspecified atom stereocenters. The van der Waals surface area contributed by atoms with Gasteiger partial charge in [-0.25, -0.2) is 13.2 Å². The van der Waals surface area contributed by atoms with Crippen LogP contribution in [-0.2, 0) is 22.9 Å². The summed E-state index contributed by atoms with van der Waals surface area (Å²) in [5.41, 5.74) is 3.02. The molecule has 25 heavy (non-hydrogen) atoms. The number of thiophene rings is 1. The average Bonchev–Trinajstić information content (AvgIpc) is 3.14. The van der Waals surface area contributed by atoms with E-state index in [9.17, 15) is 18.0 Å². The summed E-state index contributed by atoms with van der Waals surface area (Å²) >= 11 is 7.18. The number of carboxylic acids is 1. The lowest BCUT2D eigenvalue weighted by Crippen LogP contribution is -2.41. The van der Waals surface area contributed by atoms with Crippen molar-refractivity contribution in [2.24, 2.45) is 0 Å². The van der Waals surface area contributed by atoms with Gasteiger partial charge >= 0.3 is 5.97 Å². The molecule has 3 N–H and O–H groups in total. The predicted molar refractivity (Wildman–Crippen MR) is 92.5 cm³/mol. The summed E-state index contributed by atoms with van der Waals surface area (Å²) in [7, 11) is -4.22. The molecule has 0 bridgehead atoms. The second-order valence-electron chi connectivity index (χ2n) is 5.42. The van der Waals surface area contributed by atoms with Crippen molar-refractivity contribution >= 4 is 44.8 Å². The van der Waals surface area contributed by atoms with Crippen molar-refractivity contribution in [3.8, 4) is 0 Å². The highest BCUT2D eigenvalue weighted by Gasteiger charge is 2.23. The highest BCUT2D eigenvalue weighted by atomic mass is 35.5. The molecule has 132 valence electrons. The van der Waals surface area contributed by atoms with Crippen LogP contribution in [0.25, 0.3) is 0 Å². The maximum atomic E-state index is 12.3. The monoisotopic (exact) mass is 400 g/mol. The smallest absolute Gasteiger partial charge is 0.335 e. The highest BCUT2D eigenvalue weighted by Crippen LogP contribution is 2.30. The lowest BCUT2D eigenvalue weighted by molar-refractivity contribution is 0.0696. The van der Waals surface area contributed by atoms with Gasteiger partial charge in [-0.3, -0.25) is 10.2 Å². The van der Waals surface area contributed by atoms with Crippen molar-refractivity contribution in [3.05, 3.63) is 50.2 Å². The largest absolute Gasteiger partial charge is 0.478 e. The van der Waals surface area contributed by atoms with Crippen molar-refractivity contribution in [2.75, 3.05) is 0 Å². The topological polar surface area (TPSA) is 113 Å². The number of carbonyl (C=O) groups is 2. The van der Waals surface area contributed by atoms with Crippen LogP contribution in [0.4, 0.5) is 0 Å². The van der Waals surface area contributed by atoms with Crippen LogP contribution in [0, 0.1) is 0 Å². The summed E-state index contributed by atoms with van der Waals surface area (Å²) in [6, 6.07) is 5.05. The van der Waals surface area contributed by atoms with Gasteiger partial charge in [-0.05, 0) is 49.1 Å². The van der Waals surface area contributed by atoms with Crippen LogP contribution >= 0.6 is 22.9 Å². The molecule has 0 radical (unpaired) electrons. The molecule has 2 aromatic rings. The molecule has 10 heteroatoms. The molecule has 0 saturated heterocycles. The molecular weight excluding hydrogens is 388 g/mol. The van der Waals surface area contributed by atoms with E-state index in [1.54, 1.807) is 6.07 Å². The number of hydrogen-bond donors (Lipinski definition) is 3. The van der Waals surface area contributed by atoms with Gasteiger partial charge in [0.05, 0.1) is 15.5 Å². The fraction of sp³-hybridized carbons (Fsp3) is 0.200. The Balaban J connectivity index is 1.76. The van der Waals surface area contributed by atoms with Gasteiger partial charge in [0.2, 0.25) is 0 Å². The molecule has 0 saturated carbocycles. The third kappa shape index (κ3) is 3.69. The molecule has 7 nitrogen and oxygen atoms in total. The van der Waals surface area contributed by atoms with Crippen LogP contribution in [0.5, 0.6) is 0 Å². The van der Waals surface area contributed by atoms with E-state index < -0.39 is 26.8 Å². The highest BCUT2D eigenvalue weighted by molar-refractivity contribution is 7.89. The molecule has 0 fully saturated rings. The second kappa shape index (κ2) is 6.75. The molecule has 1 aromatic carbocycles. The maximum absolute atomic E-state index is 12.3. The zero-order chi connectivity index (χ0) is 18.2. The zero-order valence-corrected chi connectivity index (χ0v) is 15.1. The Morgan fingerprint density at radius 1 is 1.20 bits per heavy atom. The van der Waals surface area contributed by atoms with Gasteiger partial charge in [0.1, 0.15) is 4.90 Å². The van der Waals surface area contributed by atoms with Crippen LogP contribution in [0.1, 0.15) is 36.9 Å². The van der Waals surface area contributed by atoms with E-state index in [4.69, 9.17) is 16.7 Å². The maximum Gasteiger partial charge on any atom is 0.335 e. The standard InChI is InChI=1S/C15H13ClN2O5S2/c16-10-5-4-9(15(20)21)7-13(10)25(22,23)18-17-14(19)12-6-8-2-1-3-11(8)24-12/h4-7,18H,1-3H2,(H,17,19)(H,20,21). The summed E-state index contributed by atoms with van der Waals surface area (Å²) in [6.45, 7) is 0. The molecule has 0 atom stereocenters. The molecule has 1 amide bonds. The summed E-state index contributed by atoms with van der Waals surface area (Å²) in [5.74, 6) is -1.86. The van der Waals surface area contributed by atoms with Gasteiger partial charge in [0.25, 0.3) is 15.9 Å². The summed E-state index contributed by atoms with van der Waals surface area (Å²) in [6.07, 6.45) is 2.91. The number of hydrazine groups is 1. The Labute approximate surface area is 152 Å². The Bertz CT molecular complexity index is 947. The molecule has 3 rings (SSSR count). The lowest BCUT2D eigenvalue weighted by Gasteiger charge is -2.09. The molecular formula is C15H13ClN2O5S2. The molecule has 0 aliphatic heterocycles. The molecule has 1 aliphatic carbocycles. The number of fused-ring (bicyclic) bond motifs is 1. The zero-order valence-electron chi connectivity index (χ0n) is 12.7. The van der Waals surface area contributed by atoms with Crippen LogP contribution in [-0.4, -0.2) is 25.4 Å². The minimum Gasteiger partial charge on any atom is -0.478 e. The minimum atomic E-state index is -4.22. The van der Waals surface area contributed by atoms with E-state index in [0.717, 1.165) is 35.8 Å². The first-order valence-corrected chi connectivity index (χ1v) is 9.92.